The van der Waals surface area contributed by atoms with Crippen LogP contribution in [0.5, 0.6) is 0 Å². The van der Waals surface area contributed by atoms with Crippen molar-refractivity contribution in [1.82, 2.24) is 24.8 Å². The first kappa shape index (κ1) is 18.5. The van der Waals surface area contributed by atoms with E-state index in [0.717, 1.165) is 43.6 Å². The van der Waals surface area contributed by atoms with Gasteiger partial charge in [0.25, 0.3) is 5.91 Å². The summed E-state index contributed by atoms with van der Waals surface area (Å²) in [7, 11) is 4.15. The molecule has 1 aliphatic rings. The van der Waals surface area contributed by atoms with E-state index < -0.39 is 0 Å². The molecule has 0 saturated carbocycles. The zero-order valence-electron chi connectivity index (χ0n) is 15.9. The molecule has 1 fully saturated rings. The zero-order chi connectivity index (χ0) is 18.5. The molecular weight excluding hydrogens is 326 g/mol. The Morgan fingerprint density at radius 3 is 2.85 bits per heavy atom. The maximum atomic E-state index is 13.1. The number of piperidine rings is 1. The van der Waals surface area contributed by atoms with Crippen LogP contribution in [0.15, 0.2) is 30.7 Å². The van der Waals surface area contributed by atoms with Crippen LogP contribution >= 0.6 is 0 Å². The van der Waals surface area contributed by atoms with Gasteiger partial charge in [0.15, 0.2) is 5.82 Å². The molecule has 6 nitrogen and oxygen atoms in total. The fourth-order valence-corrected chi connectivity index (χ4v) is 3.44. The van der Waals surface area contributed by atoms with Crippen molar-refractivity contribution in [3.8, 4) is 11.4 Å². The third kappa shape index (κ3) is 4.25. The molecule has 1 atom stereocenters. The van der Waals surface area contributed by atoms with E-state index in [2.05, 4.69) is 33.9 Å². The first-order valence-electron chi connectivity index (χ1n) is 9.26. The summed E-state index contributed by atoms with van der Waals surface area (Å²) < 4.78 is 0. The molecule has 3 rings (SSSR count). The number of nitrogens with zero attached hydrogens (tertiary/aromatic N) is 5. The number of amides is 1. The number of pyridine rings is 1. The van der Waals surface area contributed by atoms with E-state index in [0.29, 0.717) is 17.4 Å². The molecule has 0 bridgehead atoms. The Morgan fingerprint density at radius 2 is 2.15 bits per heavy atom. The van der Waals surface area contributed by atoms with Gasteiger partial charge in [-0.05, 0) is 65.4 Å². The number of hydrogen-bond donors (Lipinski definition) is 0. The summed E-state index contributed by atoms with van der Waals surface area (Å²) in [4.78, 5) is 30.4. The van der Waals surface area contributed by atoms with E-state index in [1.165, 1.54) is 6.42 Å². The van der Waals surface area contributed by atoms with E-state index in [4.69, 9.17) is 0 Å². The summed E-state index contributed by atoms with van der Waals surface area (Å²) in [5.41, 5.74) is 2.19. The summed E-state index contributed by atoms with van der Waals surface area (Å²) in [6.07, 6.45) is 9.47. The molecule has 0 aromatic carbocycles. The van der Waals surface area contributed by atoms with Crippen molar-refractivity contribution in [3.05, 3.63) is 42.0 Å². The highest BCUT2D eigenvalue weighted by Gasteiger charge is 2.28. The zero-order valence-corrected chi connectivity index (χ0v) is 15.9. The van der Waals surface area contributed by atoms with Crippen molar-refractivity contribution >= 4 is 5.91 Å². The lowest BCUT2D eigenvalue weighted by atomic mass is 9.98. The molecule has 1 amide bonds. The number of aryl methyl sites for hydroxylation is 1. The largest absolute Gasteiger partial charge is 0.336 e. The number of likely N-dealkylation sites (tertiary alicyclic amines) is 1. The second-order valence-corrected chi connectivity index (χ2v) is 7.17. The minimum atomic E-state index is 0.0590. The summed E-state index contributed by atoms with van der Waals surface area (Å²) in [6, 6.07) is 4.08. The van der Waals surface area contributed by atoms with E-state index in [-0.39, 0.29) is 5.91 Å². The molecule has 2 aromatic rings. The van der Waals surface area contributed by atoms with Crippen molar-refractivity contribution in [1.29, 1.82) is 0 Å². The van der Waals surface area contributed by atoms with Crippen LogP contribution in [-0.2, 0) is 0 Å². The van der Waals surface area contributed by atoms with E-state index >= 15 is 0 Å². The van der Waals surface area contributed by atoms with Crippen molar-refractivity contribution in [2.75, 3.05) is 27.2 Å². The van der Waals surface area contributed by atoms with Crippen LogP contribution in [0.4, 0.5) is 0 Å². The van der Waals surface area contributed by atoms with Crippen molar-refractivity contribution in [2.45, 2.75) is 38.6 Å². The van der Waals surface area contributed by atoms with Gasteiger partial charge in [0.1, 0.15) is 0 Å². The van der Waals surface area contributed by atoms with Gasteiger partial charge >= 0.3 is 0 Å². The number of aromatic nitrogens is 3. The fraction of sp³-hybridized carbons (Fsp3) is 0.500. The average Bonchev–Trinajstić information content (AvgIpc) is 2.66. The number of carbonyl (C=O) groups excluding carboxylic acids is 1. The predicted octanol–water partition coefficient (Wildman–Crippen LogP) is 2.79. The standard InChI is InChI=1S/C20H27N5O/c1-15-18(14-22-19(23-15)16-7-6-10-21-13-16)20(26)25-11-5-4-8-17(25)9-12-24(2)3/h6-7,10,13-14,17H,4-5,8-9,11-12H2,1-3H3. The highest BCUT2D eigenvalue weighted by molar-refractivity contribution is 5.95. The van der Waals surface area contributed by atoms with Gasteiger partial charge in [-0.25, -0.2) is 9.97 Å². The Morgan fingerprint density at radius 1 is 1.31 bits per heavy atom. The molecule has 0 spiro atoms. The second-order valence-electron chi connectivity index (χ2n) is 7.17. The quantitative estimate of drug-likeness (QED) is 0.827. The van der Waals surface area contributed by atoms with E-state index in [1.807, 2.05) is 24.0 Å². The summed E-state index contributed by atoms with van der Waals surface area (Å²) in [6.45, 7) is 3.69. The molecule has 1 saturated heterocycles. The van der Waals surface area contributed by atoms with Crippen LogP contribution < -0.4 is 0 Å². The Hall–Kier alpha value is -2.34. The van der Waals surface area contributed by atoms with E-state index in [9.17, 15) is 4.79 Å². The molecule has 1 unspecified atom stereocenters. The Labute approximate surface area is 155 Å². The third-order valence-corrected chi connectivity index (χ3v) is 4.93. The monoisotopic (exact) mass is 353 g/mol. The molecule has 0 N–H and O–H groups in total. The van der Waals surface area contributed by atoms with Crippen LogP contribution in [0, 0.1) is 6.92 Å². The molecule has 2 aromatic heterocycles. The van der Waals surface area contributed by atoms with Crippen molar-refractivity contribution < 1.29 is 4.79 Å². The second kappa shape index (κ2) is 8.36. The summed E-state index contributed by atoms with van der Waals surface area (Å²) >= 11 is 0. The van der Waals surface area contributed by atoms with E-state index in [1.54, 1.807) is 18.6 Å². The number of rotatable bonds is 5. The van der Waals surface area contributed by atoms with Gasteiger partial charge in [0, 0.05) is 36.7 Å². The predicted molar refractivity (Wildman–Crippen MR) is 102 cm³/mol. The van der Waals surface area contributed by atoms with Crippen LogP contribution in [0.3, 0.4) is 0 Å². The van der Waals surface area contributed by atoms with Crippen molar-refractivity contribution in [3.63, 3.8) is 0 Å². The molecule has 138 valence electrons. The SMILES string of the molecule is Cc1nc(-c2cccnc2)ncc1C(=O)N1CCCCC1CCN(C)C. The van der Waals surface area contributed by atoms with Gasteiger partial charge in [-0.2, -0.15) is 0 Å². The molecule has 26 heavy (non-hydrogen) atoms. The maximum Gasteiger partial charge on any atom is 0.257 e. The van der Waals surface area contributed by atoms with Gasteiger partial charge in [0.2, 0.25) is 0 Å². The Kier molecular flexibility index (Phi) is 5.93. The average molecular weight is 353 g/mol. The lowest BCUT2D eigenvalue weighted by Gasteiger charge is -2.36. The van der Waals surface area contributed by atoms with Crippen LogP contribution in [0.2, 0.25) is 0 Å². The van der Waals surface area contributed by atoms with Crippen molar-refractivity contribution in [2.24, 2.45) is 0 Å². The fourth-order valence-electron chi connectivity index (χ4n) is 3.44. The molecule has 3 heterocycles. The molecule has 0 aliphatic carbocycles. The van der Waals surface area contributed by atoms with Crippen LogP contribution in [0.25, 0.3) is 11.4 Å². The van der Waals surface area contributed by atoms with Gasteiger partial charge in [-0.1, -0.05) is 0 Å². The molecular formula is C20H27N5O. The molecule has 6 heteroatoms. The lowest BCUT2D eigenvalue weighted by Crippen LogP contribution is -2.45. The molecule has 1 aliphatic heterocycles. The summed E-state index contributed by atoms with van der Waals surface area (Å²) in [5.74, 6) is 0.665. The highest BCUT2D eigenvalue weighted by atomic mass is 16.2. The Balaban J connectivity index is 1.79. The van der Waals surface area contributed by atoms with Gasteiger partial charge in [0.05, 0.1) is 11.3 Å². The van der Waals surface area contributed by atoms with Crippen LogP contribution in [0.1, 0.15) is 41.7 Å². The summed E-state index contributed by atoms with van der Waals surface area (Å²) in [5, 5.41) is 0. The maximum absolute atomic E-state index is 13.1. The normalized spacial score (nSPS) is 17.5. The first-order chi connectivity index (χ1) is 12.6. The lowest BCUT2D eigenvalue weighted by molar-refractivity contribution is 0.0589. The Bertz CT molecular complexity index is 747. The third-order valence-electron chi connectivity index (χ3n) is 4.93. The smallest absolute Gasteiger partial charge is 0.257 e. The topological polar surface area (TPSA) is 62.2 Å². The van der Waals surface area contributed by atoms with Gasteiger partial charge < -0.3 is 9.80 Å². The minimum Gasteiger partial charge on any atom is -0.336 e. The highest BCUT2D eigenvalue weighted by Crippen LogP contribution is 2.23. The first-order valence-corrected chi connectivity index (χ1v) is 9.26. The molecule has 0 radical (unpaired) electrons. The van der Waals surface area contributed by atoms with Gasteiger partial charge in [-0.3, -0.25) is 9.78 Å². The minimum absolute atomic E-state index is 0.0590. The number of hydrogen-bond acceptors (Lipinski definition) is 5. The van der Waals surface area contributed by atoms with Gasteiger partial charge in [-0.15, -0.1) is 0 Å². The number of carbonyl (C=O) groups is 1. The van der Waals surface area contributed by atoms with Crippen LogP contribution in [-0.4, -0.2) is 63.9 Å².